The molecule has 2 rings (SSSR count). The number of nitrogens with zero attached hydrogens (tertiary/aromatic N) is 2. The number of anilines is 1. The zero-order valence-corrected chi connectivity index (χ0v) is 8.83. The first-order valence-electron chi connectivity index (χ1n) is 5.24. The highest BCUT2D eigenvalue weighted by Crippen LogP contribution is 2.20. The zero-order chi connectivity index (χ0) is 10.1. The molecule has 1 aliphatic carbocycles. The van der Waals surface area contributed by atoms with Crippen molar-refractivity contribution < 1.29 is 0 Å². The van der Waals surface area contributed by atoms with Crippen LogP contribution >= 0.6 is 0 Å². The summed E-state index contributed by atoms with van der Waals surface area (Å²) in [6.07, 6.45) is 2.62. The van der Waals surface area contributed by atoms with Gasteiger partial charge in [0.1, 0.15) is 5.82 Å². The second kappa shape index (κ2) is 3.61. The van der Waals surface area contributed by atoms with Crippen LogP contribution in [0.25, 0.3) is 0 Å². The Morgan fingerprint density at radius 1 is 1.64 bits per heavy atom. The third-order valence-electron chi connectivity index (χ3n) is 2.47. The van der Waals surface area contributed by atoms with E-state index in [-0.39, 0.29) is 0 Å². The lowest BCUT2D eigenvalue weighted by atomic mass is 10.3. The highest BCUT2D eigenvalue weighted by atomic mass is 15.3. The molecule has 0 amide bonds. The molecule has 1 aliphatic rings. The second-order valence-electron chi connectivity index (χ2n) is 4.25. The predicted molar refractivity (Wildman–Crippen MR) is 56.9 cm³/mol. The average molecular weight is 194 g/mol. The minimum atomic E-state index is 0.378. The second-order valence-corrected chi connectivity index (χ2v) is 4.25. The Bertz CT molecular complexity index is 312. The fraction of sp³-hybridized carbons (Fsp3) is 0.700. The molecule has 0 atom stereocenters. The summed E-state index contributed by atoms with van der Waals surface area (Å²) in [7, 11) is 0. The van der Waals surface area contributed by atoms with Crippen LogP contribution in [0.2, 0.25) is 0 Å². The quantitative estimate of drug-likeness (QED) is 0.759. The number of nitrogens with one attached hydrogen (secondary N) is 1. The summed E-state index contributed by atoms with van der Waals surface area (Å²) in [5, 5.41) is 7.73. The van der Waals surface area contributed by atoms with Crippen molar-refractivity contribution >= 4 is 5.82 Å². The van der Waals surface area contributed by atoms with Gasteiger partial charge in [0.05, 0.1) is 5.69 Å². The predicted octanol–water partition coefficient (Wildman–Crippen LogP) is 1.30. The van der Waals surface area contributed by atoms with Crippen LogP contribution in [-0.4, -0.2) is 15.8 Å². The van der Waals surface area contributed by atoms with Crippen molar-refractivity contribution in [2.45, 2.75) is 45.3 Å². The number of nitrogens with two attached hydrogens (primary N) is 1. The van der Waals surface area contributed by atoms with Crippen molar-refractivity contribution in [3.63, 3.8) is 0 Å². The number of hydrogen-bond acceptors (Lipinski definition) is 3. The van der Waals surface area contributed by atoms with E-state index in [1.165, 1.54) is 18.5 Å². The van der Waals surface area contributed by atoms with Gasteiger partial charge in [-0.05, 0) is 26.7 Å². The van der Waals surface area contributed by atoms with Gasteiger partial charge in [-0.15, -0.1) is 0 Å². The highest BCUT2D eigenvalue weighted by molar-refractivity contribution is 5.29. The van der Waals surface area contributed by atoms with Crippen molar-refractivity contribution in [2.75, 3.05) is 5.73 Å². The van der Waals surface area contributed by atoms with E-state index in [4.69, 9.17) is 5.73 Å². The molecule has 1 heterocycles. The Hall–Kier alpha value is -1.03. The van der Waals surface area contributed by atoms with Gasteiger partial charge >= 0.3 is 0 Å². The number of aromatic nitrogens is 2. The fourth-order valence-electron chi connectivity index (χ4n) is 1.57. The van der Waals surface area contributed by atoms with Crippen LogP contribution in [0.4, 0.5) is 5.82 Å². The number of hydrogen-bond donors (Lipinski definition) is 2. The number of nitrogen functional groups attached to an aromatic ring is 1. The monoisotopic (exact) mass is 194 g/mol. The van der Waals surface area contributed by atoms with Crippen LogP contribution < -0.4 is 11.1 Å². The van der Waals surface area contributed by atoms with Crippen LogP contribution in [0.5, 0.6) is 0 Å². The molecule has 0 bridgehead atoms. The van der Waals surface area contributed by atoms with Gasteiger partial charge in [-0.25, -0.2) is 0 Å². The number of rotatable bonds is 4. The van der Waals surface area contributed by atoms with Gasteiger partial charge in [-0.3, -0.25) is 4.68 Å². The molecule has 3 N–H and O–H groups in total. The Morgan fingerprint density at radius 2 is 2.36 bits per heavy atom. The average Bonchev–Trinajstić information content (AvgIpc) is 2.86. The van der Waals surface area contributed by atoms with Crippen molar-refractivity contribution in [3.05, 3.63) is 11.8 Å². The van der Waals surface area contributed by atoms with E-state index in [0.717, 1.165) is 12.6 Å². The fourth-order valence-corrected chi connectivity index (χ4v) is 1.57. The van der Waals surface area contributed by atoms with Gasteiger partial charge in [-0.2, -0.15) is 5.10 Å². The summed E-state index contributed by atoms with van der Waals surface area (Å²) in [6.45, 7) is 5.12. The Labute approximate surface area is 84.5 Å². The van der Waals surface area contributed by atoms with Gasteiger partial charge in [0.25, 0.3) is 0 Å². The van der Waals surface area contributed by atoms with E-state index in [1.54, 1.807) is 0 Å². The zero-order valence-electron chi connectivity index (χ0n) is 8.83. The lowest BCUT2D eigenvalue weighted by Crippen LogP contribution is -2.19. The molecular formula is C10H18N4. The van der Waals surface area contributed by atoms with E-state index < -0.39 is 0 Å². The first-order valence-corrected chi connectivity index (χ1v) is 5.24. The van der Waals surface area contributed by atoms with E-state index in [1.807, 2.05) is 10.7 Å². The van der Waals surface area contributed by atoms with Crippen molar-refractivity contribution in [1.29, 1.82) is 0 Å². The molecule has 1 fully saturated rings. The largest absolute Gasteiger partial charge is 0.382 e. The minimum Gasteiger partial charge on any atom is -0.382 e. The molecule has 14 heavy (non-hydrogen) atoms. The lowest BCUT2D eigenvalue weighted by molar-refractivity contribution is 0.496. The molecule has 0 unspecified atom stereocenters. The van der Waals surface area contributed by atoms with Crippen molar-refractivity contribution in [1.82, 2.24) is 15.1 Å². The van der Waals surface area contributed by atoms with Gasteiger partial charge in [0, 0.05) is 24.7 Å². The molecule has 0 saturated heterocycles. The smallest absolute Gasteiger partial charge is 0.145 e. The lowest BCUT2D eigenvalue weighted by Gasteiger charge is -2.10. The molecule has 1 saturated carbocycles. The topological polar surface area (TPSA) is 55.9 Å². The third kappa shape index (κ3) is 2.07. The van der Waals surface area contributed by atoms with Crippen molar-refractivity contribution in [3.8, 4) is 0 Å². The van der Waals surface area contributed by atoms with Crippen LogP contribution in [0, 0.1) is 0 Å². The molecule has 4 heteroatoms. The summed E-state index contributed by atoms with van der Waals surface area (Å²) in [4.78, 5) is 0. The van der Waals surface area contributed by atoms with Crippen LogP contribution in [-0.2, 0) is 6.54 Å². The third-order valence-corrected chi connectivity index (χ3v) is 2.47. The van der Waals surface area contributed by atoms with E-state index in [2.05, 4.69) is 24.3 Å². The molecule has 0 spiro atoms. The summed E-state index contributed by atoms with van der Waals surface area (Å²) >= 11 is 0. The molecule has 0 aromatic carbocycles. The van der Waals surface area contributed by atoms with Gasteiger partial charge in [0.2, 0.25) is 0 Å². The van der Waals surface area contributed by atoms with E-state index in [9.17, 15) is 0 Å². The van der Waals surface area contributed by atoms with E-state index in [0.29, 0.717) is 11.9 Å². The normalized spacial score (nSPS) is 16.5. The molecule has 0 radical (unpaired) electrons. The standard InChI is InChI=1S/C10H18N4/c1-7(2)14-9(5-10(11)13-14)6-12-8-3-4-8/h5,7-8,12H,3-4,6H2,1-2H3,(H2,11,13). The van der Waals surface area contributed by atoms with Crippen LogP contribution in [0.3, 0.4) is 0 Å². The van der Waals surface area contributed by atoms with Gasteiger partial charge in [0.15, 0.2) is 0 Å². The molecule has 78 valence electrons. The molecule has 1 aromatic rings. The first kappa shape index (κ1) is 9.52. The summed E-state index contributed by atoms with van der Waals surface area (Å²) < 4.78 is 1.99. The van der Waals surface area contributed by atoms with E-state index >= 15 is 0 Å². The van der Waals surface area contributed by atoms with Crippen LogP contribution in [0.15, 0.2) is 6.07 Å². The van der Waals surface area contributed by atoms with Gasteiger partial charge < -0.3 is 11.1 Å². The van der Waals surface area contributed by atoms with Gasteiger partial charge in [-0.1, -0.05) is 0 Å². The molecular weight excluding hydrogens is 176 g/mol. The molecule has 4 nitrogen and oxygen atoms in total. The maximum Gasteiger partial charge on any atom is 0.145 e. The maximum absolute atomic E-state index is 5.68. The SMILES string of the molecule is CC(C)n1nc(N)cc1CNC1CC1. The summed E-state index contributed by atoms with van der Waals surface area (Å²) in [5.41, 5.74) is 6.86. The maximum atomic E-state index is 5.68. The Balaban J connectivity index is 2.05. The Morgan fingerprint density at radius 3 is 2.93 bits per heavy atom. The minimum absolute atomic E-state index is 0.378. The molecule has 1 aromatic heterocycles. The summed E-state index contributed by atoms with van der Waals surface area (Å²) in [5.74, 6) is 0.617. The summed E-state index contributed by atoms with van der Waals surface area (Å²) in [6, 6.07) is 3.06. The Kier molecular flexibility index (Phi) is 2.46. The highest BCUT2D eigenvalue weighted by Gasteiger charge is 2.21. The van der Waals surface area contributed by atoms with Crippen molar-refractivity contribution in [2.24, 2.45) is 0 Å². The molecule has 0 aliphatic heterocycles. The first-order chi connectivity index (χ1) is 6.66. The van der Waals surface area contributed by atoms with Crippen LogP contribution in [0.1, 0.15) is 38.4 Å².